The van der Waals surface area contributed by atoms with Crippen molar-refractivity contribution in [2.24, 2.45) is 0 Å². The first-order valence-corrected chi connectivity index (χ1v) is 10.1. The van der Waals surface area contributed by atoms with Gasteiger partial charge in [-0.05, 0) is 37.1 Å². The lowest BCUT2D eigenvalue weighted by Crippen LogP contribution is -2.37. The molecule has 0 aliphatic carbocycles. The highest BCUT2D eigenvalue weighted by Crippen LogP contribution is 2.25. The van der Waals surface area contributed by atoms with Crippen molar-refractivity contribution in [3.63, 3.8) is 0 Å². The van der Waals surface area contributed by atoms with Crippen LogP contribution in [-0.2, 0) is 9.53 Å². The summed E-state index contributed by atoms with van der Waals surface area (Å²) in [5, 5.41) is 0.687. The van der Waals surface area contributed by atoms with Gasteiger partial charge in [-0.25, -0.2) is 9.78 Å². The van der Waals surface area contributed by atoms with Gasteiger partial charge >= 0.3 is 5.97 Å². The zero-order valence-corrected chi connectivity index (χ0v) is 16.3. The predicted molar refractivity (Wildman–Crippen MR) is 109 cm³/mol. The van der Waals surface area contributed by atoms with Gasteiger partial charge in [-0.2, -0.15) is 0 Å². The summed E-state index contributed by atoms with van der Waals surface area (Å²) < 4.78 is 10.8. The van der Waals surface area contributed by atoms with E-state index in [0.29, 0.717) is 27.9 Å². The number of ether oxygens (including phenoxy) is 1. The molecular weight excluding hydrogens is 368 g/mol. The number of fused-ring (bicyclic) bond motifs is 1. The fourth-order valence-corrected chi connectivity index (χ4v) is 3.69. The molecule has 0 N–H and O–H groups in total. The molecule has 0 spiro atoms. The number of nitrogens with zero attached hydrogens (tertiary/aromatic N) is 2. The molecule has 0 radical (unpaired) electrons. The summed E-state index contributed by atoms with van der Waals surface area (Å²) in [6.45, 7) is 1.22. The molecule has 1 saturated heterocycles. The minimum atomic E-state index is -0.531. The van der Waals surface area contributed by atoms with Gasteiger partial charge < -0.3 is 14.1 Å². The Morgan fingerprint density at radius 3 is 2.52 bits per heavy atom. The second-order valence-electron chi connectivity index (χ2n) is 7.27. The molecule has 29 heavy (non-hydrogen) atoms. The fraction of sp³-hybridized carbons (Fsp3) is 0.348. The number of rotatable bonds is 4. The van der Waals surface area contributed by atoms with Crippen molar-refractivity contribution in [2.45, 2.75) is 32.1 Å². The molecule has 1 aliphatic rings. The van der Waals surface area contributed by atoms with Gasteiger partial charge in [0.15, 0.2) is 12.4 Å². The van der Waals surface area contributed by atoms with E-state index in [4.69, 9.17) is 9.15 Å². The maximum Gasteiger partial charge on any atom is 0.339 e. The van der Waals surface area contributed by atoms with Crippen LogP contribution >= 0.6 is 0 Å². The number of esters is 1. The van der Waals surface area contributed by atoms with Crippen molar-refractivity contribution in [1.82, 2.24) is 9.88 Å². The number of carbonyl (C=O) groups excluding carboxylic acids is 2. The normalized spacial score (nSPS) is 15.0. The number of pyridine rings is 1. The highest BCUT2D eigenvalue weighted by Gasteiger charge is 2.20. The summed E-state index contributed by atoms with van der Waals surface area (Å²) in [5.74, 6) is -0.0943. The van der Waals surface area contributed by atoms with Gasteiger partial charge in [-0.3, -0.25) is 4.79 Å². The quantitative estimate of drug-likeness (QED) is 0.614. The summed E-state index contributed by atoms with van der Waals surface area (Å²) in [6, 6.07) is 12.6. The average molecular weight is 392 g/mol. The van der Waals surface area contributed by atoms with Crippen molar-refractivity contribution < 1.29 is 18.7 Å². The first-order chi connectivity index (χ1) is 14.2. The van der Waals surface area contributed by atoms with Crippen molar-refractivity contribution in [3.8, 4) is 11.5 Å². The van der Waals surface area contributed by atoms with E-state index in [2.05, 4.69) is 4.98 Å². The first-order valence-electron chi connectivity index (χ1n) is 10.1. The summed E-state index contributed by atoms with van der Waals surface area (Å²) >= 11 is 0. The van der Waals surface area contributed by atoms with Crippen LogP contribution in [-0.4, -0.2) is 41.5 Å². The third-order valence-electron chi connectivity index (χ3n) is 5.25. The minimum Gasteiger partial charge on any atom is -0.463 e. The van der Waals surface area contributed by atoms with Crippen LogP contribution in [0.15, 0.2) is 53.1 Å². The average Bonchev–Trinajstić information content (AvgIpc) is 3.25. The number of furan rings is 1. The van der Waals surface area contributed by atoms with Gasteiger partial charge in [-0.1, -0.05) is 37.5 Å². The van der Waals surface area contributed by atoms with Crippen LogP contribution in [0.4, 0.5) is 0 Å². The van der Waals surface area contributed by atoms with Gasteiger partial charge in [0.1, 0.15) is 5.69 Å². The van der Waals surface area contributed by atoms with Crippen molar-refractivity contribution in [1.29, 1.82) is 0 Å². The number of hydrogen-bond acceptors (Lipinski definition) is 5. The lowest BCUT2D eigenvalue weighted by Gasteiger charge is -2.24. The number of hydrogen-bond donors (Lipinski definition) is 0. The number of aromatic nitrogens is 1. The third kappa shape index (κ3) is 4.47. The molecule has 6 nitrogen and oxygen atoms in total. The number of benzene rings is 1. The van der Waals surface area contributed by atoms with E-state index in [-0.39, 0.29) is 12.5 Å². The molecule has 0 bridgehead atoms. The fourth-order valence-electron chi connectivity index (χ4n) is 3.69. The molecule has 0 unspecified atom stereocenters. The molecule has 3 heterocycles. The maximum atomic E-state index is 12.8. The Kier molecular flexibility index (Phi) is 5.89. The molecular formula is C23H24N2O4. The lowest BCUT2D eigenvalue weighted by atomic mass is 10.1. The number of carbonyl (C=O) groups is 2. The van der Waals surface area contributed by atoms with Crippen LogP contribution in [0.1, 0.15) is 42.5 Å². The van der Waals surface area contributed by atoms with Gasteiger partial charge in [0.25, 0.3) is 5.91 Å². The summed E-state index contributed by atoms with van der Waals surface area (Å²) in [7, 11) is 0. The molecule has 1 aliphatic heterocycles. The van der Waals surface area contributed by atoms with E-state index >= 15 is 0 Å². The van der Waals surface area contributed by atoms with Crippen molar-refractivity contribution >= 4 is 22.8 Å². The number of amides is 1. The third-order valence-corrected chi connectivity index (χ3v) is 5.25. The van der Waals surface area contributed by atoms with Crippen molar-refractivity contribution in [2.75, 3.05) is 19.7 Å². The first kappa shape index (κ1) is 19.2. The second-order valence-corrected chi connectivity index (χ2v) is 7.27. The Labute approximate surface area is 169 Å². The van der Waals surface area contributed by atoms with E-state index < -0.39 is 5.97 Å². The van der Waals surface area contributed by atoms with Gasteiger partial charge in [-0.15, -0.1) is 0 Å². The highest BCUT2D eigenvalue weighted by atomic mass is 16.5. The summed E-state index contributed by atoms with van der Waals surface area (Å²) in [4.78, 5) is 31.8. The Balaban J connectivity index is 1.52. The van der Waals surface area contributed by atoms with Crippen LogP contribution < -0.4 is 0 Å². The van der Waals surface area contributed by atoms with E-state index in [1.807, 2.05) is 29.2 Å². The molecule has 1 amide bonds. The molecule has 2 aromatic heterocycles. The Hall–Kier alpha value is -3.15. The predicted octanol–water partition coefficient (Wildman–Crippen LogP) is 4.44. The number of para-hydroxylation sites is 1. The van der Waals surface area contributed by atoms with E-state index in [1.54, 1.807) is 24.5 Å². The van der Waals surface area contributed by atoms with Crippen LogP contribution in [0.3, 0.4) is 0 Å². The highest BCUT2D eigenvalue weighted by molar-refractivity contribution is 6.05. The minimum absolute atomic E-state index is 0.134. The van der Waals surface area contributed by atoms with Gasteiger partial charge in [0.2, 0.25) is 0 Å². The Morgan fingerprint density at radius 2 is 1.76 bits per heavy atom. The monoisotopic (exact) mass is 392 g/mol. The molecule has 0 saturated carbocycles. The molecule has 3 aromatic rings. The Bertz CT molecular complexity index is 989. The zero-order chi connectivity index (χ0) is 20.1. The molecule has 0 atom stereocenters. The van der Waals surface area contributed by atoms with E-state index in [1.165, 1.54) is 6.42 Å². The Morgan fingerprint density at radius 1 is 1.00 bits per heavy atom. The van der Waals surface area contributed by atoms with Gasteiger partial charge in [0.05, 0.1) is 17.3 Å². The van der Waals surface area contributed by atoms with Crippen LogP contribution in [0.2, 0.25) is 0 Å². The molecule has 1 fully saturated rings. The smallest absolute Gasteiger partial charge is 0.339 e. The zero-order valence-electron chi connectivity index (χ0n) is 16.3. The van der Waals surface area contributed by atoms with Crippen LogP contribution in [0.5, 0.6) is 0 Å². The largest absolute Gasteiger partial charge is 0.463 e. The van der Waals surface area contributed by atoms with Crippen LogP contribution in [0.25, 0.3) is 22.4 Å². The topological polar surface area (TPSA) is 72.6 Å². The van der Waals surface area contributed by atoms with Crippen LogP contribution in [0, 0.1) is 0 Å². The maximum absolute atomic E-state index is 12.8. The standard InChI is InChI=1S/C23H24N2O4/c26-22(25-12-6-2-1-3-7-13-25)16-29-23(27)18-15-20(21-11-8-14-28-21)24-19-10-5-4-9-17(18)19/h4-5,8-11,14-15H,1-3,6-7,12-13,16H2. The second kappa shape index (κ2) is 8.90. The SMILES string of the molecule is O=C(OCC(=O)N1CCCCCCC1)c1cc(-c2ccco2)nc2ccccc12. The van der Waals surface area contributed by atoms with Gasteiger partial charge in [0, 0.05) is 18.5 Å². The van der Waals surface area contributed by atoms with E-state index in [9.17, 15) is 9.59 Å². The van der Waals surface area contributed by atoms with Crippen molar-refractivity contribution in [3.05, 3.63) is 54.3 Å². The summed E-state index contributed by atoms with van der Waals surface area (Å²) in [5.41, 5.74) is 1.60. The lowest BCUT2D eigenvalue weighted by molar-refractivity contribution is -0.134. The molecule has 150 valence electrons. The summed E-state index contributed by atoms with van der Waals surface area (Å²) in [6.07, 6.45) is 7.07. The molecule has 4 rings (SSSR count). The number of likely N-dealkylation sites (tertiary alicyclic amines) is 1. The molecule has 1 aromatic carbocycles. The van der Waals surface area contributed by atoms with E-state index in [0.717, 1.165) is 38.8 Å². The molecule has 6 heteroatoms.